The number of aliphatic hydroxyl groups is 1. The molecule has 1 rings (SSSR count). The van der Waals surface area contributed by atoms with Crippen LogP contribution in [0, 0.1) is 0 Å². The maximum absolute atomic E-state index is 10.8. The van der Waals surface area contributed by atoms with E-state index in [1.54, 1.807) is 10.8 Å². The number of halogens is 1. The second-order valence-corrected chi connectivity index (χ2v) is 2.84. The van der Waals surface area contributed by atoms with Gasteiger partial charge in [-0.15, -0.1) is 0 Å². The Morgan fingerprint density at radius 3 is 2.92 bits per heavy atom. The number of aryl methyl sites for hydroxylation is 1. The molecule has 0 atom stereocenters. The fourth-order valence-corrected chi connectivity index (χ4v) is 1.15. The van der Waals surface area contributed by atoms with Gasteiger partial charge in [0.15, 0.2) is 5.43 Å². The van der Waals surface area contributed by atoms with Gasteiger partial charge in [-0.05, 0) is 6.42 Å². The SMILES string of the molecule is O=c1ccn(CCCO)c(Cl)c1. The van der Waals surface area contributed by atoms with Gasteiger partial charge in [0.1, 0.15) is 5.15 Å². The van der Waals surface area contributed by atoms with Crippen LogP contribution < -0.4 is 5.43 Å². The van der Waals surface area contributed by atoms with E-state index in [9.17, 15) is 4.79 Å². The van der Waals surface area contributed by atoms with Crippen LogP contribution in [0.3, 0.4) is 0 Å². The minimum atomic E-state index is -0.0970. The fraction of sp³-hybridized carbons (Fsp3) is 0.375. The molecule has 0 spiro atoms. The van der Waals surface area contributed by atoms with Crippen molar-refractivity contribution in [2.24, 2.45) is 0 Å². The largest absolute Gasteiger partial charge is 0.396 e. The summed E-state index contributed by atoms with van der Waals surface area (Å²) >= 11 is 5.75. The maximum Gasteiger partial charge on any atom is 0.183 e. The van der Waals surface area contributed by atoms with Gasteiger partial charge in [0.25, 0.3) is 0 Å². The van der Waals surface area contributed by atoms with Crippen LogP contribution in [0.5, 0.6) is 0 Å². The zero-order valence-electron chi connectivity index (χ0n) is 6.53. The van der Waals surface area contributed by atoms with Gasteiger partial charge < -0.3 is 9.67 Å². The summed E-state index contributed by atoms with van der Waals surface area (Å²) in [6.45, 7) is 0.762. The zero-order chi connectivity index (χ0) is 8.97. The molecule has 1 aromatic heterocycles. The summed E-state index contributed by atoms with van der Waals surface area (Å²) in [6, 6.07) is 2.81. The van der Waals surface area contributed by atoms with Crippen LogP contribution in [0.15, 0.2) is 23.1 Å². The molecule has 0 amide bonds. The van der Waals surface area contributed by atoms with E-state index in [2.05, 4.69) is 0 Å². The second-order valence-electron chi connectivity index (χ2n) is 2.46. The number of hydrogen-bond donors (Lipinski definition) is 1. The molecule has 4 heteroatoms. The Hall–Kier alpha value is -0.800. The third kappa shape index (κ3) is 2.36. The molecular weight excluding hydrogens is 178 g/mol. The molecule has 1 heterocycles. The molecule has 66 valence electrons. The van der Waals surface area contributed by atoms with E-state index < -0.39 is 0 Å². The molecule has 0 saturated carbocycles. The van der Waals surface area contributed by atoms with Gasteiger partial charge >= 0.3 is 0 Å². The van der Waals surface area contributed by atoms with E-state index in [-0.39, 0.29) is 12.0 Å². The second kappa shape index (κ2) is 4.28. The molecule has 1 aromatic rings. The van der Waals surface area contributed by atoms with Crippen LogP contribution in [0.4, 0.5) is 0 Å². The molecule has 3 nitrogen and oxygen atoms in total. The van der Waals surface area contributed by atoms with E-state index in [0.717, 1.165) is 0 Å². The van der Waals surface area contributed by atoms with Crippen molar-refractivity contribution in [2.75, 3.05) is 6.61 Å². The van der Waals surface area contributed by atoms with Gasteiger partial charge in [0.2, 0.25) is 0 Å². The number of nitrogens with zero attached hydrogens (tertiary/aromatic N) is 1. The number of pyridine rings is 1. The van der Waals surface area contributed by atoms with Crippen molar-refractivity contribution in [3.8, 4) is 0 Å². The Morgan fingerprint density at radius 1 is 1.58 bits per heavy atom. The third-order valence-electron chi connectivity index (χ3n) is 1.51. The first-order valence-electron chi connectivity index (χ1n) is 3.71. The summed E-state index contributed by atoms with van der Waals surface area (Å²) in [7, 11) is 0. The summed E-state index contributed by atoms with van der Waals surface area (Å²) in [5, 5.41) is 8.97. The summed E-state index contributed by atoms with van der Waals surface area (Å²) in [5.74, 6) is 0. The lowest BCUT2D eigenvalue weighted by molar-refractivity contribution is 0.279. The van der Waals surface area contributed by atoms with Gasteiger partial charge in [-0.1, -0.05) is 11.6 Å². The minimum absolute atomic E-state index is 0.0970. The molecule has 0 fully saturated rings. The monoisotopic (exact) mass is 187 g/mol. The molecule has 0 bridgehead atoms. The van der Waals surface area contributed by atoms with Crippen LogP contribution in [-0.2, 0) is 6.54 Å². The Kier molecular flexibility index (Phi) is 3.31. The Morgan fingerprint density at radius 2 is 2.33 bits per heavy atom. The van der Waals surface area contributed by atoms with E-state index in [0.29, 0.717) is 18.1 Å². The molecule has 0 aliphatic carbocycles. The average Bonchev–Trinajstić information content (AvgIpc) is 2.03. The summed E-state index contributed by atoms with van der Waals surface area (Å²) in [6.07, 6.45) is 2.27. The highest BCUT2D eigenvalue weighted by molar-refractivity contribution is 6.29. The third-order valence-corrected chi connectivity index (χ3v) is 1.84. The zero-order valence-corrected chi connectivity index (χ0v) is 7.29. The van der Waals surface area contributed by atoms with Crippen LogP contribution in [-0.4, -0.2) is 16.3 Å². The van der Waals surface area contributed by atoms with Crippen molar-refractivity contribution in [1.82, 2.24) is 4.57 Å². The standard InChI is InChI=1S/C8H10ClNO2/c9-8-6-7(12)2-4-10(8)3-1-5-11/h2,4,6,11H,1,3,5H2. The first-order chi connectivity index (χ1) is 5.74. The van der Waals surface area contributed by atoms with Crippen LogP contribution in [0.25, 0.3) is 0 Å². The maximum atomic E-state index is 10.8. The quantitative estimate of drug-likeness (QED) is 0.714. The molecular formula is C8H10ClNO2. The van der Waals surface area contributed by atoms with Gasteiger partial charge in [0, 0.05) is 31.5 Å². The lowest BCUT2D eigenvalue weighted by Gasteiger charge is -2.06. The lowest BCUT2D eigenvalue weighted by atomic mass is 10.4. The number of aromatic nitrogens is 1. The summed E-state index contributed by atoms with van der Waals surface area (Å²) in [5.41, 5.74) is -0.0970. The van der Waals surface area contributed by atoms with Crippen molar-refractivity contribution in [2.45, 2.75) is 13.0 Å². The number of hydrogen-bond acceptors (Lipinski definition) is 2. The normalized spacial score (nSPS) is 10.2. The average molecular weight is 188 g/mol. The van der Waals surface area contributed by atoms with Crippen LogP contribution >= 0.6 is 11.6 Å². The number of rotatable bonds is 3. The first-order valence-corrected chi connectivity index (χ1v) is 4.08. The van der Waals surface area contributed by atoms with E-state index >= 15 is 0 Å². The van der Waals surface area contributed by atoms with E-state index in [1.165, 1.54) is 12.1 Å². The minimum Gasteiger partial charge on any atom is -0.396 e. The molecule has 0 aromatic carbocycles. The van der Waals surface area contributed by atoms with Crippen molar-refractivity contribution in [3.63, 3.8) is 0 Å². The summed E-state index contributed by atoms with van der Waals surface area (Å²) < 4.78 is 1.72. The lowest BCUT2D eigenvalue weighted by Crippen LogP contribution is -2.06. The van der Waals surface area contributed by atoms with Gasteiger partial charge in [-0.3, -0.25) is 4.79 Å². The van der Waals surface area contributed by atoms with Crippen molar-refractivity contribution in [3.05, 3.63) is 33.7 Å². The Labute approximate surface area is 75.2 Å². The highest BCUT2D eigenvalue weighted by atomic mass is 35.5. The smallest absolute Gasteiger partial charge is 0.183 e. The van der Waals surface area contributed by atoms with Gasteiger partial charge in [0.05, 0.1) is 0 Å². The van der Waals surface area contributed by atoms with Crippen molar-refractivity contribution < 1.29 is 5.11 Å². The van der Waals surface area contributed by atoms with Gasteiger partial charge in [-0.2, -0.15) is 0 Å². The van der Waals surface area contributed by atoms with Gasteiger partial charge in [-0.25, -0.2) is 0 Å². The van der Waals surface area contributed by atoms with Crippen LogP contribution in [0.2, 0.25) is 5.15 Å². The molecule has 0 saturated heterocycles. The predicted octanol–water partition coefficient (Wildman–Crippen LogP) is 0.884. The topological polar surface area (TPSA) is 42.2 Å². The highest BCUT2D eigenvalue weighted by Gasteiger charge is 1.95. The number of aliphatic hydroxyl groups excluding tert-OH is 1. The molecule has 1 N–H and O–H groups in total. The Balaban J connectivity index is 2.79. The predicted molar refractivity (Wildman–Crippen MR) is 47.4 cm³/mol. The van der Waals surface area contributed by atoms with Crippen molar-refractivity contribution in [1.29, 1.82) is 0 Å². The Bertz CT molecular complexity index is 308. The van der Waals surface area contributed by atoms with Crippen LogP contribution in [0.1, 0.15) is 6.42 Å². The molecule has 0 aliphatic heterocycles. The first kappa shape index (κ1) is 9.29. The van der Waals surface area contributed by atoms with E-state index in [1.807, 2.05) is 0 Å². The van der Waals surface area contributed by atoms with E-state index in [4.69, 9.17) is 16.7 Å². The molecule has 0 radical (unpaired) electrons. The fourth-order valence-electron chi connectivity index (χ4n) is 0.905. The van der Waals surface area contributed by atoms with Crippen molar-refractivity contribution >= 4 is 11.6 Å². The summed E-state index contributed by atoms with van der Waals surface area (Å²) in [4.78, 5) is 10.8. The molecule has 0 aliphatic rings. The molecule has 12 heavy (non-hydrogen) atoms. The highest BCUT2D eigenvalue weighted by Crippen LogP contribution is 2.04. The molecule has 0 unspecified atom stereocenters.